The van der Waals surface area contributed by atoms with Crippen LogP contribution in [-0.4, -0.2) is 61.8 Å². The van der Waals surface area contributed by atoms with E-state index in [0.717, 1.165) is 0 Å². The number of amides is 1. The van der Waals surface area contributed by atoms with Crippen LogP contribution in [-0.2, 0) is 5.41 Å². The lowest BCUT2D eigenvalue weighted by Crippen LogP contribution is -2.57. The van der Waals surface area contributed by atoms with Crippen molar-refractivity contribution in [1.82, 2.24) is 20.5 Å². The highest BCUT2D eigenvalue weighted by Crippen LogP contribution is 2.17. The number of H-pyrrole nitrogens is 1. The van der Waals surface area contributed by atoms with Crippen LogP contribution < -0.4 is 5.32 Å². The molecule has 0 aliphatic rings. The molecule has 1 heterocycles. The number of aromatic amines is 1. The number of hydrogen-bond acceptors (Lipinski definition) is 6. The average molecular weight is 272 g/mol. The van der Waals surface area contributed by atoms with Gasteiger partial charge in [0.15, 0.2) is 0 Å². The minimum atomic E-state index is -1.49. The third-order valence-electron chi connectivity index (χ3n) is 2.69. The molecule has 8 heteroatoms. The molecular weight excluding hydrogens is 252 g/mol. The summed E-state index contributed by atoms with van der Waals surface area (Å²) in [6, 6.07) is 0. The van der Waals surface area contributed by atoms with Gasteiger partial charge in [0.25, 0.3) is 5.91 Å². The number of carbonyl (C=O) groups is 1. The number of nitrogens with zero attached hydrogens (tertiary/aromatic N) is 2. The van der Waals surface area contributed by atoms with Gasteiger partial charge >= 0.3 is 0 Å². The van der Waals surface area contributed by atoms with E-state index in [1.807, 2.05) is 20.8 Å². The van der Waals surface area contributed by atoms with Crippen molar-refractivity contribution in [3.63, 3.8) is 0 Å². The second kappa shape index (κ2) is 5.64. The SMILES string of the molecule is CC(C)(C)c1nc(C(=O)NC(CO)(CO)CO)n[nH]1. The molecule has 0 aliphatic carbocycles. The molecule has 0 aliphatic heterocycles. The van der Waals surface area contributed by atoms with Crippen molar-refractivity contribution in [2.75, 3.05) is 19.8 Å². The molecule has 0 unspecified atom stereocenters. The number of aromatic nitrogens is 3. The topological polar surface area (TPSA) is 131 Å². The molecule has 0 radical (unpaired) electrons. The zero-order valence-corrected chi connectivity index (χ0v) is 11.3. The van der Waals surface area contributed by atoms with Gasteiger partial charge in [-0.3, -0.25) is 9.89 Å². The zero-order chi connectivity index (χ0) is 14.7. The molecule has 0 aromatic carbocycles. The summed E-state index contributed by atoms with van der Waals surface area (Å²) < 4.78 is 0. The van der Waals surface area contributed by atoms with Crippen LogP contribution in [0.25, 0.3) is 0 Å². The highest BCUT2D eigenvalue weighted by Gasteiger charge is 2.32. The van der Waals surface area contributed by atoms with Crippen molar-refractivity contribution in [1.29, 1.82) is 0 Å². The van der Waals surface area contributed by atoms with Gasteiger partial charge in [0.1, 0.15) is 11.4 Å². The van der Waals surface area contributed by atoms with E-state index in [-0.39, 0.29) is 11.2 Å². The Morgan fingerprint density at radius 2 is 1.74 bits per heavy atom. The first-order valence-corrected chi connectivity index (χ1v) is 5.86. The van der Waals surface area contributed by atoms with Crippen molar-refractivity contribution in [3.05, 3.63) is 11.6 Å². The van der Waals surface area contributed by atoms with Crippen LogP contribution >= 0.6 is 0 Å². The first-order chi connectivity index (χ1) is 8.78. The molecule has 1 aromatic rings. The largest absolute Gasteiger partial charge is 0.394 e. The quantitative estimate of drug-likeness (QED) is 0.445. The molecule has 0 fully saturated rings. The summed E-state index contributed by atoms with van der Waals surface area (Å²) >= 11 is 0. The summed E-state index contributed by atoms with van der Waals surface area (Å²) in [4.78, 5) is 15.9. The van der Waals surface area contributed by atoms with Gasteiger partial charge in [-0.25, -0.2) is 4.98 Å². The lowest BCUT2D eigenvalue weighted by molar-refractivity contribution is 0.0371. The smallest absolute Gasteiger partial charge is 0.291 e. The van der Waals surface area contributed by atoms with Crippen LogP contribution in [0, 0.1) is 0 Å². The summed E-state index contributed by atoms with van der Waals surface area (Å²) in [6.45, 7) is 3.95. The predicted molar refractivity (Wildman–Crippen MR) is 66.5 cm³/mol. The fraction of sp³-hybridized carbons (Fsp3) is 0.727. The van der Waals surface area contributed by atoms with Crippen molar-refractivity contribution < 1.29 is 20.1 Å². The lowest BCUT2D eigenvalue weighted by atomic mass is 9.96. The summed E-state index contributed by atoms with van der Waals surface area (Å²) in [5.74, 6) is -0.242. The molecule has 1 rings (SSSR count). The maximum atomic E-state index is 11.9. The molecule has 5 N–H and O–H groups in total. The molecule has 1 amide bonds. The third kappa shape index (κ3) is 3.49. The van der Waals surface area contributed by atoms with Crippen LogP contribution in [0.2, 0.25) is 0 Å². The maximum absolute atomic E-state index is 11.9. The Hall–Kier alpha value is -1.51. The van der Waals surface area contributed by atoms with Gasteiger partial charge in [0.05, 0.1) is 19.8 Å². The minimum Gasteiger partial charge on any atom is -0.394 e. The summed E-state index contributed by atoms with van der Waals surface area (Å²) in [7, 11) is 0. The van der Waals surface area contributed by atoms with Crippen LogP contribution in [0.4, 0.5) is 0 Å². The number of aliphatic hydroxyl groups is 3. The van der Waals surface area contributed by atoms with Gasteiger partial charge in [-0.15, -0.1) is 5.10 Å². The average Bonchev–Trinajstić information content (AvgIpc) is 2.85. The second-order valence-corrected chi connectivity index (χ2v) is 5.47. The Morgan fingerprint density at radius 3 is 2.11 bits per heavy atom. The minimum absolute atomic E-state index is 0.107. The normalized spacial score (nSPS) is 12.5. The lowest BCUT2D eigenvalue weighted by Gasteiger charge is -2.27. The van der Waals surface area contributed by atoms with Gasteiger partial charge in [-0.1, -0.05) is 20.8 Å². The molecular formula is C11H20N4O4. The molecule has 0 spiro atoms. The van der Waals surface area contributed by atoms with E-state index in [1.165, 1.54) is 0 Å². The predicted octanol–water partition coefficient (Wildman–Crippen LogP) is -1.45. The van der Waals surface area contributed by atoms with Crippen molar-refractivity contribution >= 4 is 5.91 Å². The summed E-state index contributed by atoms with van der Waals surface area (Å²) in [5, 5.41) is 36.1. The molecule has 0 bridgehead atoms. The van der Waals surface area contributed by atoms with Gasteiger partial charge < -0.3 is 20.6 Å². The molecule has 0 saturated heterocycles. The van der Waals surface area contributed by atoms with E-state index in [0.29, 0.717) is 5.82 Å². The summed E-state index contributed by atoms with van der Waals surface area (Å²) in [6.07, 6.45) is 0. The number of carbonyl (C=O) groups excluding carboxylic acids is 1. The monoisotopic (exact) mass is 272 g/mol. The van der Waals surface area contributed by atoms with E-state index >= 15 is 0 Å². The number of nitrogens with one attached hydrogen (secondary N) is 2. The van der Waals surface area contributed by atoms with Gasteiger partial charge in [0.2, 0.25) is 5.82 Å². The fourth-order valence-electron chi connectivity index (χ4n) is 1.26. The molecule has 0 atom stereocenters. The highest BCUT2D eigenvalue weighted by molar-refractivity contribution is 5.91. The molecule has 108 valence electrons. The summed E-state index contributed by atoms with van der Waals surface area (Å²) in [5.41, 5.74) is -1.77. The van der Waals surface area contributed by atoms with Gasteiger partial charge in [-0.2, -0.15) is 0 Å². The standard InChI is InChI=1S/C11H20N4O4/c1-10(2,3)9-12-7(14-15-9)8(19)13-11(4-16,5-17)6-18/h16-18H,4-6H2,1-3H3,(H,13,19)(H,12,14,15). The number of hydrogen-bond donors (Lipinski definition) is 5. The number of aliphatic hydroxyl groups excluding tert-OH is 3. The van der Waals surface area contributed by atoms with Gasteiger partial charge in [0, 0.05) is 5.41 Å². The fourth-order valence-corrected chi connectivity index (χ4v) is 1.26. The Kier molecular flexibility index (Phi) is 4.61. The highest BCUT2D eigenvalue weighted by atomic mass is 16.3. The maximum Gasteiger partial charge on any atom is 0.291 e. The zero-order valence-electron chi connectivity index (χ0n) is 11.3. The Balaban J connectivity index is 2.87. The van der Waals surface area contributed by atoms with Crippen molar-refractivity contribution in [2.45, 2.75) is 31.7 Å². The molecule has 1 aromatic heterocycles. The van der Waals surface area contributed by atoms with Crippen LogP contribution in [0.1, 0.15) is 37.2 Å². The molecule has 0 saturated carbocycles. The van der Waals surface area contributed by atoms with E-state index in [1.54, 1.807) is 0 Å². The van der Waals surface area contributed by atoms with E-state index in [9.17, 15) is 4.79 Å². The van der Waals surface area contributed by atoms with Gasteiger partial charge in [-0.05, 0) is 0 Å². The van der Waals surface area contributed by atoms with Crippen LogP contribution in [0.15, 0.2) is 0 Å². The first-order valence-electron chi connectivity index (χ1n) is 5.86. The second-order valence-electron chi connectivity index (χ2n) is 5.47. The van der Waals surface area contributed by atoms with E-state index in [2.05, 4.69) is 20.5 Å². The van der Waals surface area contributed by atoms with E-state index < -0.39 is 31.3 Å². The Bertz CT molecular complexity index is 426. The Labute approximate surface area is 110 Å². The molecule has 8 nitrogen and oxygen atoms in total. The molecule has 19 heavy (non-hydrogen) atoms. The van der Waals surface area contributed by atoms with E-state index in [4.69, 9.17) is 15.3 Å². The first kappa shape index (κ1) is 15.5. The number of rotatable bonds is 5. The Morgan fingerprint density at radius 1 is 1.21 bits per heavy atom. The van der Waals surface area contributed by atoms with Crippen LogP contribution in [0.3, 0.4) is 0 Å². The third-order valence-corrected chi connectivity index (χ3v) is 2.69. The van der Waals surface area contributed by atoms with Crippen molar-refractivity contribution in [2.24, 2.45) is 0 Å². The van der Waals surface area contributed by atoms with Crippen molar-refractivity contribution in [3.8, 4) is 0 Å². The van der Waals surface area contributed by atoms with Crippen LogP contribution in [0.5, 0.6) is 0 Å².